The van der Waals surface area contributed by atoms with Crippen molar-refractivity contribution in [3.8, 4) is 0 Å². The Hall–Kier alpha value is -0.0800. The molecule has 0 bridgehead atoms. The Kier molecular flexibility index (Phi) is 27.8. The molecular formula is C27H56NO. The second-order valence-electron chi connectivity index (χ2n) is 9.06. The van der Waals surface area contributed by atoms with Crippen molar-refractivity contribution in [3.63, 3.8) is 0 Å². The van der Waals surface area contributed by atoms with E-state index in [1.165, 1.54) is 128 Å². The summed E-state index contributed by atoms with van der Waals surface area (Å²) in [5.41, 5.74) is 0. The van der Waals surface area contributed by atoms with E-state index in [9.17, 15) is 0 Å². The molecule has 0 aliphatic heterocycles. The maximum absolute atomic E-state index is 8.70. The average Bonchev–Trinajstić information content (AvgIpc) is 2.74. The summed E-state index contributed by atoms with van der Waals surface area (Å²) in [6.45, 7) is 4.82. The monoisotopic (exact) mass is 410 g/mol. The van der Waals surface area contributed by atoms with Gasteiger partial charge in [0, 0.05) is 6.61 Å². The Labute approximate surface area is 185 Å². The number of hydrogen-bond acceptors (Lipinski definition) is 2. The molecule has 0 aromatic carbocycles. The molecule has 0 fully saturated rings. The summed E-state index contributed by atoms with van der Waals surface area (Å²) in [5, 5.41) is 12.2. The van der Waals surface area contributed by atoms with E-state index in [2.05, 4.69) is 18.7 Å². The van der Waals surface area contributed by atoms with Crippen LogP contribution in [0.3, 0.4) is 0 Å². The molecule has 2 N–H and O–H groups in total. The second-order valence-corrected chi connectivity index (χ2v) is 9.06. The molecule has 0 aliphatic rings. The minimum absolute atomic E-state index is 0.291. The molecule has 1 radical (unpaired) electrons. The first kappa shape index (κ1) is 28.9. The van der Waals surface area contributed by atoms with Crippen molar-refractivity contribution < 1.29 is 5.11 Å². The van der Waals surface area contributed by atoms with Gasteiger partial charge in [-0.05, 0) is 38.8 Å². The van der Waals surface area contributed by atoms with Gasteiger partial charge in [-0.25, -0.2) is 0 Å². The predicted molar refractivity (Wildman–Crippen MR) is 132 cm³/mol. The van der Waals surface area contributed by atoms with Gasteiger partial charge in [0.05, 0.1) is 0 Å². The lowest BCUT2D eigenvalue weighted by Crippen LogP contribution is -2.16. The maximum Gasteiger partial charge on any atom is 0.0433 e. The summed E-state index contributed by atoms with van der Waals surface area (Å²) >= 11 is 0. The normalized spacial score (nSPS) is 11.4. The van der Waals surface area contributed by atoms with Gasteiger partial charge in [-0.15, -0.1) is 0 Å². The van der Waals surface area contributed by atoms with Crippen molar-refractivity contribution in [2.45, 2.75) is 148 Å². The summed E-state index contributed by atoms with van der Waals surface area (Å²) in [5.74, 6) is 0. The van der Waals surface area contributed by atoms with E-state index in [4.69, 9.17) is 5.11 Å². The van der Waals surface area contributed by atoms with Gasteiger partial charge in [0.25, 0.3) is 0 Å². The minimum atomic E-state index is 0.291. The lowest BCUT2D eigenvalue weighted by atomic mass is 10.0. The number of aliphatic hydroxyl groups is 1. The van der Waals surface area contributed by atoms with E-state index < -0.39 is 0 Å². The van der Waals surface area contributed by atoms with Crippen LogP contribution in [0.2, 0.25) is 0 Å². The molecule has 2 heteroatoms. The fraction of sp³-hybridized carbons (Fsp3) is 0.963. The summed E-state index contributed by atoms with van der Waals surface area (Å²) < 4.78 is 0. The average molecular weight is 411 g/mol. The highest BCUT2D eigenvalue weighted by Gasteiger charge is 1.96. The van der Waals surface area contributed by atoms with Gasteiger partial charge in [-0.3, -0.25) is 0 Å². The number of rotatable bonds is 26. The maximum atomic E-state index is 8.70. The Bertz CT molecular complexity index is 243. The smallest absolute Gasteiger partial charge is 0.0433 e. The van der Waals surface area contributed by atoms with Crippen LogP contribution in [-0.2, 0) is 0 Å². The van der Waals surface area contributed by atoms with Crippen molar-refractivity contribution in [2.75, 3.05) is 19.7 Å². The lowest BCUT2D eigenvalue weighted by Gasteiger charge is -2.05. The molecule has 0 aromatic heterocycles. The van der Waals surface area contributed by atoms with E-state index in [1.54, 1.807) is 0 Å². The quantitative estimate of drug-likeness (QED) is 0.140. The molecule has 0 saturated carbocycles. The van der Waals surface area contributed by atoms with Crippen LogP contribution in [0.5, 0.6) is 0 Å². The van der Waals surface area contributed by atoms with E-state index in [0.29, 0.717) is 6.61 Å². The van der Waals surface area contributed by atoms with Crippen molar-refractivity contribution in [2.24, 2.45) is 0 Å². The summed E-state index contributed by atoms with van der Waals surface area (Å²) in [4.78, 5) is 0. The van der Waals surface area contributed by atoms with Crippen LogP contribution in [0.1, 0.15) is 148 Å². The number of nitrogens with one attached hydrogen (secondary N) is 1. The highest BCUT2D eigenvalue weighted by atomic mass is 16.2. The van der Waals surface area contributed by atoms with E-state index in [-0.39, 0.29) is 0 Å². The molecule has 0 heterocycles. The van der Waals surface area contributed by atoms with Crippen LogP contribution in [0.25, 0.3) is 0 Å². The van der Waals surface area contributed by atoms with Crippen LogP contribution < -0.4 is 5.32 Å². The molecule has 0 unspecified atom stereocenters. The van der Waals surface area contributed by atoms with Crippen LogP contribution >= 0.6 is 0 Å². The number of aliphatic hydroxyl groups excluding tert-OH is 1. The first-order valence-corrected chi connectivity index (χ1v) is 13.5. The van der Waals surface area contributed by atoms with Gasteiger partial charge in [-0.2, -0.15) is 0 Å². The van der Waals surface area contributed by atoms with Gasteiger partial charge in [0.1, 0.15) is 0 Å². The van der Waals surface area contributed by atoms with E-state index >= 15 is 0 Å². The molecule has 0 aliphatic carbocycles. The predicted octanol–water partition coefficient (Wildman–Crippen LogP) is 8.37. The van der Waals surface area contributed by atoms with Crippen molar-refractivity contribution >= 4 is 0 Å². The van der Waals surface area contributed by atoms with E-state index in [1.807, 2.05) is 0 Å². The van der Waals surface area contributed by atoms with E-state index in [0.717, 1.165) is 25.9 Å². The SMILES string of the molecule is CCCCCCCCCCCCCCCCCCCCCCNCC[CH]CCO. The van der Waals surface area contributed by atoms with Crippen LogP contribution in [-0.4, -0.2) is 24.8 Å². The van der Waals surface area contributed by atoms with Crippen LogP contribution in [0, 0.1) is 6.42 Å². The topological polar surface area (TPSA) is 32.3 Å². The minimum Gasteiger partial charge on any atom is -0.396 e. The van der Waals surface area contributed by atoms with Crippen LogP contribution in [0.15, 0.2) is 0 Å². The molecule has 0 amide bonds. The molecular weight excluding hydrogens is 354 g/mol. The molecule has 2 nitrogen and oxygen atoms in total. The lowest BCUT2D eigenvalue weighted by molar-refractivity contribution is 0.296. The largest absolute Gasteiger partial charge is 0.396 e. The number of unbranched alkanes of at least 4 members (excludes halogenated alkanes) is 21. The van der Waals surface area contributed by atoms with Gasteiger partial charge in [0.2, 0.25) is 0 Å². The summed E-state index contributed by atoms with van der Waals surface area (Å²) in [6.07, 6.45) is 33.0. The zero-order valence-corrected chi connectivity index (χ0v) is 20.2. The molecule has 0 aromatic rings. The van der Waals surface area contributed by atoms with Crippen molar-refractivity contribution in [1.82, 2.24) is 5.32 Å². The highest BCUT2D eigenvalue weighted by Crippen LogP contribution is 2.14. The summed E-state index contributed by atoms with van der Waals surface area (Å²) in [6, 6.07) is 0. The highest BCUT2D eigenvalue weighted by molar-refractivity contribution is 4.65. The van der Waals surface area contributed by atoms with Gasteiger partial charge in [0.15, 0.2) is 0 Å². The molecule has 175 valence electrons. The Morgan fingerprint density at radius 3 is 1.24 bits per heavy atom. The fourth-order valence-corrected chi connectivity index (χ4v) is 4.07. The number of hydrogen-bond donors (Lipinski definition) is 2. The Morgan fingerprint density at radius 2 is 0.862 bits per heavy atom. The Balaban J connectivity index is 2.97. The zero-order chi connectivity index (χ0) is 21.1. The summed E-state index contributed by atoms with van der Waals surface area (Å²) in [7, 11) is 0. The van der Waals surface area contributed by atoms with Gasteiger partial charge >= 0.3 is 0 Å². The third kappa shape index (κ3) is 27.9. The molecule has 0 rings (SSSR count). The van der Waals surface area contributed by atoms with Gasteiger partial charge < -0.3 is 10.4 Å². The standard InChI is InChI=1S/C27H56NO/c1-2-3-4-5-6-7-8-9-10-11-12-13-14-15-16-17-18-19-20-22-25-28-26-23-21-24-27-29/h21,28-29H,2-20,22-27H2,1H3. The second kappa shape index (κ2) is 27.9. The Morgan fingerprint density at radius 1 is 0.483 bits per heavy atom. The first-order valence-electron chi connectivity index (χ1n) is 13.5. The third-order valence-corrected chi connectivity index (χ3v) is 6.07. The zero-order valence-electron chi connectivity index (χ0n) is 20.2. The molecule has 0 spiro atoms. The van der Waals surface area contributed by atoms with Crippen molar-refractivity contribution in [3.05, 3.63) is 6.42 Å². The van der Waals surface area contributed by atoms with Crippen LogP contribution in [0.4, 0.5) is 0 Å². The molecule has 29 heavy (non-hydrogen) atoms. The molecule has 0 saturated heterocycles. The fourth-order valence-electron chi connectivity index (χ4n) is 4.07. The van der Waals surface area contributed by atoms with Crippen molar-refractivity contribution in [1.29, 1.82) is 0 Å². The first-order chi connectivity index (χ1) is 14.4. The molecule has 0 atom stereocenters. The third-order valence-electron chi connectivity index (χ3n) is 6.07. The van der Waals surface area contributed by atoms with Gasteiger partial charge in [-0.1, -0.05) is 129 Å².